The van der Waals surface area contributed by atoms with Crippen LogP contribution in [0.5, 0.6) is 0 Å². The first-order valence-corrected chi connectivity index (χ1v) is 6.62. The fraction of sp³-hybridized carbons (Fsp3) is 0.545. The zero-order valence-corrected chi connectivity index (χ0v) is 10.1. The normalized spacial score (nSPS) is 24.1. The number of nitrogens with zero attached hydrogens (tertiary/aromatic N) is 2. The number of rotatable bonds is 3. The van der Waals surface area contributed by atoms with Crippen LogP contribution in [0.4, 0.5) is 5.13 Å². The van der Waals surface area contributed by atoms with Crippen molar-refractivity contribution in [2.75, 3.05) is 11.9 Å². The summed E-state index contributed by atoms with van der Waals surface area (Å²) >= 11 is 1.39. The van der Waals surface area contributed by atoms with Crippen molar-refractivity contribution in [1.82, 2.24) is 9.88 Å². The number of likely N-dealkylation sites (tertiary alicyclic amines) is 1. The van der Waals surface area contributed by atoms with E-state index in [0.29, 0.717) is 24.1 Å². The summed E-state index contributed by atoms with van der Waals surface area (Å²) in [5.41, 5.74) is 0. The highest BCUT2D eigenvalue weighted by Gasteiger charge is 2.41. The van der Waals surface area contributed by atoms with Gasteiger partial charge in [-0.05, 0) is 12.8 Å². The molecule has 1 saturated carbocycles. The third-order valence-electron chi connectivity index (χ3n) is 3.18. The number of carbonyl (C=O) groups excluding carboxylic acids is 2. The van der Waals surface area contributed by atoms with Gasteiger partial charge in [-0.25, -0.2) is 4.98 Å². The van der Waals surface area contributed by atoms with Crippen LogP contribution >= 0.6 is 11.3 Å². The van der Waals surface area contributed by atoms with E-state index in [1.165, 1.54) is 11.3 Å². The molecule has 1 N–H and O–H groups in total. The molecule has 0 spiro atoms. The van der Waals surface area contributed by atoms with Crippen molar-refractivity contribution in [3.63, 3.8) is 0 Å². The van der Waals surface area contributed by atoms with Gasteiger partial charge >= 0.3 is 0 Å². The Labute approximate surface area is 103 Å². The van der Waals surface area contributed by atoms with Gasteiger partial charge < -0.3 is 10.2 Å². The first kappa shape index (κ1) is 10.7. The van der Waals surface area contributed by atoms with Crippen LogP contribution in [0.2, 0.25) is 0 Å². The summed E-state index contributed by atoms with van der Waals surface area (Å²) in [6.07, 6.45) is 4.17. The van der Waals surface area contributed by atoms with Crippen LogP contribution in [0.15, 0.2) is 11.6 Å². The maximum absolute atomic E-state index is 11.9. The molecule has 2 amide bonds. The van der Waals surface area contributed by atoms with Crippen LogP contribution in [-0.2, 0) is 9.59 Å². The summed E-state index contributed by atoms with van der Waals surface area (Å²) in [7, 11) is 0. The van der Waals surface area contributed by atoms with Crippen molar-refractivity contribution < 1.29 is 9.59 Å². The third-order valence-corrected chi connectivity index (χ3v) is 3.87. The lowest BCUT2D eigenvalue weighted by atomic mass is 10.1. The quantitative estimate of drug-likeness (QED) is 0.874. The van der Waals surface area contributed by atoms with Crippen molar-refractivity contribution in [3.05, 3.63) is 11.6 Å². The molecule has 3 rings (SSSR count). The van der Waals surface area contributed by atoms with Gasteiger partial charge in [-0.15, -0.1) is 11.3 Å². The molecule has 0 aromatic carbocycles. The maximum Gasteiger partial charge on any atom is 0.231 e. The van der Waals surface area contributed by atoms with Crippen LogP contribution in [-0.4, -0.2) is 34.3 Å². The van der Waals surface area contributed by atoms with Gasteiger partial charge in [0, 0.05) is 30.6 Å². The highest BCUT2D eigenvalue weighted by Crippen LogP contribution is 2.32. The van der Waals surface area contributed by atoms with E-state index in [9.17, 15) is 9.59 Å². The Bertz CT molecular complexity index is 442. The highest BCUT2D eigenvalue weighted by atomic mass is 32.1. The molecular formula is C11H13N3O2S. The molecule has 1 unspecified atom stereocenters. The first-order valence-electron chi connectivity index (χ1n) is 5.74. The summed E-state index contributed by atoms with van der Waals surface area (Å²) in [6, 6.07) is 0.403. The molecule has 6 heteroatoms. The van der Waals surface area contributed by atoms with Gasteiger partial charge in [-0.1, -0.05) is 0 Å². The summed E-state index contributed by atoms with van der Waals surface area (Å²) in [5.74, 6) is -0.185. The lowest BCUT2D eigenvalue weighted by Crippen LogP contribution is -2.29. The number of aromatic nitrogens is 1. The molecule has 0 radical (unpaired) electrons. The Kier molecular flexibility index (Phi) is 2.58. The molecule has 1 saturated heterocycles. The van der Waals surface area contributed by atoms with Crippen molar-refractivity contribution in [2.24, 2.45) is 5.92 Å². The average Bonchev–Trinajstić information content (AvgIpc) is 2.87. The maximum atomic E-state index is 11.9. The van der Waals surface area contributed by atoms with Gasteiger partial charge in [-0.2, -0.15) is 0 Å². The molecule has 0 bridgehead atoms. The largest absolute Gasteiger partial charge is 0.339 e. The minimum atomic E-state index is -0.216. The second-order valence-electron chi connectivity index (χ2n) is 4.50. The molecule has 1 aliphatic carbocycles. The number of nitrogens with one attached hydrogen (secondary N) is 1. The smallest absolute Gasteiger partial charge is 0.231 e. The van der Waals surface area contributed by atoms with E-state index in [-0.39, 0.29) is 17.7 Å². The average molecular weight is 251 g/mol. The Balaban J connectivity index is 1.61. The van der Waals surface area contributed by atoms with Gasteiger partial charge in [-0.3, -0.25) is 9.59 Å². The number of hydrogen-bond donors (Lipinski definition) is 1. The van der Waals surface area contributed by atoms with Crippen molar-refractivity contribution in [1.29, 1.82) is 0 Å². The number of amides is 2. The van der Waals surface area contributed by atoms with Gasteiger partial charge in [0.05, 0.1) is 5.92 Å². The predicted octanol–water partition coefficient (Wildman–Crippen LogP) is 1.09. The van der Waals surface area contributed by atoms with Gasteiger partial charge in [0.15, 0.2) is 5.13 Å². The summed E-state index contributed by atoms with van der Waals surface area (Å²) < 4.78 is 0. The summed E-state index contributed by atoms with van der Waals surface area (Å²) in [4.78, 5) is 29.5. The minimum Gasteiger partial charge on any atom is -0.339 e. The van der Waals surface area contributed by atoms with E-state index in [0.717, 1.165) is 12.8 Å². The van der Waals surface area contributed by atoms with Gasteiger partial charge in [0.1, 0.15) is 0 Å². The van der Waals surface area contributed by atoms with E-state index in [1.807, 2.05) is 10.3 Å². The Morgan fingerprint density at radius 3 is 3.00 bits per heavy atom. The van der Waals surface area contributed by atoms with E-state index < -0.39 is 0 Å². The Morgan fingerprint density at radius 2 is 2.35 bits per heavy atom. The fourth-order valence-corrected chi connectivity index (χ4v) is 2.67. The predicted molar refractivity (Wildman–Crippen MR) is 63.6 cm³/mol. The zero-order chi connectivity index (χ0) is 11.8. The highest BCUT2D eigenvalue weighted by molar-refractivity contribution is 7.13. The molecule has 1 aromatic heterocycles. The monoisotopic (exact) mass is 251 g/mol. The lowest BCUT2D eigenvalue weighted by molar-refractivity contribution is -0.128. The Hall–Kier alpha value is -1.43. The summed E-state index contributed by atoms with van der Waals surface area (Å²) in [6.45, 7) is 0.570. The van der Waals surface area contributed by atoms with Crippen LogP contribution in [0.25, 0.3) is 0 Å². The molecule has 2 heterocycles. The van der Waals surface area contributed by atoms with Crippen molar-refractivity contribution >= 4 is 28.3 Å². The number of hydrogen-bond acceptors (Lipinski definition) is 4. The van der Waals surface area contributed by atoms with E-state index in [2.05, 4.69) is 10.3 Å². The molecule has 17 heavy (non-hydrogen) atoms. The number of carbonyl (C=O) groups is 2. The van der Waals surface area contributed by atoms with Crippen LogP contribution in [0, 0.1) is 5.92 Å². The number of thiazole rings is 1. The topological polar surface area (TPSA) is 62.3 Å². The second kappa shape index (κ2) is 4.10. The van der Waals surface area contributed by atoms with Crippen molar-refractivity contribution in [3.8, 4) is 0 Å². The van der Waals surface area contributed by atoms with Crippen LogP contribution in [0.1, 0.15) is 19.3 Å². The zero-order valence-electron chi connectivity index (χ0n) is 9.26. The molecule has 5 nitrogen and oxygen atoms in total. The van der Waals surface area contributed by atoms with E-state index in [1.54, 1.807) is 6.20 Å². The SMILES string of the molecule is O=C(Nc1nccs1)C1CC(=O)N(C2CC2)C1. The Morgan fingerprint density at radius 1 is 1.53 bits per heavy atom. The first-order chi connectivity index (χ1) is 8.24. The molecular weight excluding hydrogens is 238 g/mol. The van der Waals surface area contributed by atoms with Crippen molar-refractivity contribution in [2.45, 2.75) is 25.3 Å². The van der Waals surface area contributed by atoms with Gasteiger partial charge in [0.2, 0.25) is 11.8 Å². The fourth-order valence-electron chi connectivity index (χ4n) is 2.14. The number of anilines is 1. The third kappa shape index (κ3) is 2.17. The molecule has 1 aliphatic heterocycles. The molecule has 90 valence electrons. The lowest BCUT2D eigenvalue weighted by Gasteiger charge is -2.14. The van der Waals surface area contributed by atoms with E-state index in [4.69, 9.17) is 0 Å². The summed E-state index contributed by atoms with van der Waals surface area (Å²) in [5, 5.41) is 5.17. The van der Waals surface area contributed by atoms with Gasteiger partial charge in [0.25, 0.3) is 0 Å². The molecule has 1 atom stereocenters. The van der Waals surface area contributed by atoms with Crippen LogP contribution in [0.3, 0.4) is 0 Å². The minimum absolute atomic E-state index is 0.0866. The standard InChI is InChI=1S/C11H13N3O2S/c15-9-5-7(6-14(9)8-1-2-8)10(16)13-11-12-3-4-17-11/h3-4,7-8H,1-2,5-6H2,(H,12,13,16). The van der Waals surface area contributed by atoms with E-state index >= 15 is 0 Å². The molecule has 2 fully saturated rings. The van der Waals surface area contributed by atoms with Crippen LogP contribution < -0.4 is 5.32 Å². The molecule has 1 aromatic rings. The second-order valence-corrected chi connectivity index (χ2v) is 5.40. The molecule has 2 aliphatic rings.